The van der Waals surface area contributed by atoms with Gasteiger partial charge in [-0.05, 0) is 81.4 Å². The largest absolute Gasteiger partial charge is 0.324 e. The van der Waals surface area contributed by atoms with Crippen LogP contribution in [0.2, 0.25) is 0 Å². The third-order valence-electron chi connectivity index (χ3n) is 3.52. The quantitative estimate of drug-likeness (QED) is 0.460. The van der Waals surface area contributed by atoms with Gasteiger partial charge in [0.15, 0.2) is 3.68 Å². The average molecular weight is 339 g/mol. The molecule has 0 amide bonds. The third-order valence-corrected chi connectivity index (χ3v) is 4.50. The van der Waals surface area contributed by atoms with Gasteiger partial charge in [0.1, 0.15) is 0 Å². The summed E-state index contributed by atoms with van der Waals surface area (Å²) >= 11 is 1.96. The summed E-state index contributed by atoms with van der Waals surface area (Å²) in [6, 6.07) is 0.140. The molecule has 1 nitrogen and oxygen atoms in total. The first-order chi connectivity index (χ1) is 7.32. The summed E-state index contributed by atoms with van der Waals surface area (Å²) in [4.78, 5) is 0. The molecule has 0 aromatic heterocycles. The van der Waals surface area contributed by atoms with Gasteiger partial charge in [-0.25, -0.2) is 4.39 Å². The molecule has 0 saturated heterocycles. The minimum atomic E-state index is -0.943. The van der Waals surface area contributed by atoms with Crippen molar-refractivity contribution in [2.75, 3.05) is 0 Å². The van der Waals surface area contributed by atoms with Crippen molar-refractivity contribution in [3.8, 4) is 0 Å². The molecule has 0 radical (unpaired) electrons. The van der Waals surface area contributed by atoms with Crippen molar-refractivity contribution in [2.24, 2.45) is 11.7 Å². The summed E-state index contributed by atoms with van der Waals surface area (Å²) in [5.74, 6) is 0.551. The highest BCUT2D eigenvalue weighted by molar-refractivity contribution is 14.1. The van der Waals surface area contributed by atoms with Crippen molar-refractivity contribution < 1.29 is 4.39 Å². The molecule has 0 aliphatic heterocycles. The molecule has 94 valence electrons. The van der Waals surface area contributed by atoms with Crippen LogP contribution in [0, 0.1) is 5.92 Å². The summed E-state index contributed by atoms with van der Waals surface area (Å²) in [6.07, 6.45) is 4.62. The van der Waals surface area contributed by atoms with E-state index in [1.165, 1.54) is 11.1 Å². The number of halogens is 2. The molecule has 1 aliphatic rings. The molecule has 3 unspecified atom stereocenters. The second-order valence-corrected chi connectivity index (χ2v) is 7.25. The number of rotatable bonds is 4. The molecule has 1 saturated carbocycles. The van der Waals surface area contributed by atoms with Gasteiger partial charge < -0.3 is 5.73 Å². The maximum atomic E-state index is 13.7. The molecule has 1 aliphatic carbocycles. The Labute approximate surface area is 112 Å². The normalized spacial score (nSPS) is 31.5. The van der Waals surface area contributed by atoms with Crippen molar-refractivity contribution in [1.29, 1.82) is 0 Å². The smallest absolute Gasteiger partial charge is 0.161 e. The highest BCUT2D eigenvalue weighted by Crippen LogP contribution is 2.44. The Bertz CT molecular complexity index is 267. The lowest BCUT2D eigenvalue weighted by molar-refractivity contribution is 0.307. The minimum absolute atomic E-state index is 0.140. The van der Waals surface area contributed by atoms with E-state index in [4.69, 9.17) is 5.73 Å². The van der Waals surface area contributed by atoms with Crippen molar-refractivity contribution >= 4 is 22.6 Å². The van der Waals surface area contributed by atoms with Gasteiger partial charge in [0.2, 0.25) is 0 Å². The van der Waals surface area contributed by atoms with Crippen LogP contribution in [-0.4, -0.2) is 9.72 Å². The summed E-state index contributed by atoms with van der Waals surface area (Å²) in [5.41, 5.74) is 8.62. The van der Waals surface area contributed by atoms with Crippen molar-refractivity contribution in [3.63, 3.8) is 0 Å². The standard InChI is InChI=1S/C13H23FIN/c1-9(2)12(10(3)16)5-4-11-6-7-13(14,15)8-11/h10-11H,4-8,16H2,1-3H3. The van der Waals surface area contributed by atoms with Gasteiger partial charge in [-0.15, -0.1) is 0 Å². The van der Waals surface area contributed by atoms with E-state index in [0.29, 0.717) is 5.92 Å². The zero-order valence-electron chi connectivity index (χ0n) is 10.5. The Kier molecular flexibility index (Phi) is 5.23. The van der Waals surface area contributed by atoms with E-state index < -0.39 is 3.68 Å². The second-order valence-electron chi connectivity index (χ2n) is 5.32. The molecule has 0 aromatic rings. The van der Waals surface area contributed by atoms with Gasteiger partial charge in [0.25, 0.3) is 0 Å². The number of nitrogens with two attached hydrogens (primary N) is 1. The van der Waals surface area contributed by atoms with Crippen LogP contribution in [0.4, 0.5) is 4.39 Å². The van der Waals surface area contributed by atoms with Gasteiger partial charge >= 0.3 is 0 Å². The number of allylic oxidation sites excluding steroid dienone is 1. The first kappa shape index (κ1) is 14.4. The number of alkyl halides is 2. The Morgan fingerprint density at radius 3 is 2.56 bits per heavy atom. The lowest BCUT2D eigenvalue weighted by Gasteiger charge is -2.17. The second kappa shape index (κ2) is 5.80. The van der Waals surface area contributed by atoms with E-state index in [2.05, 4.69) is 13.8 Å². The fourth-order valence-electron chi connectivity index (χ4n) is 2.58. The highest BCUT2D eigenvalue weighted by atomic mass is 127. The molecule has 3 heteroatoms. The molecule has 1 rings (SSSR count). The maximum absolute atomic E-state index is 13.7. The molecule has 0 spiro atoms. The lowest BCUT2D eigenvalue weighted by atomic mass is 9.93. The Morgan fingerprint density at radius 1 is 1.56 bits per heavy atom. The van der Waals surface area contributed by atoms with Gasteiger partial charge in [-0.1, -0.05) is 11.1 Å². The van der Waals surface area contributed by atoms with Crippen LogP contribution in [0.3, 0.4) is 0 Å². The average Bonchev–Trinajstić information content (AvgIpc) is 2.44. The van der Waals surface area contributed by atoms with E-state index in [0.717, 1.165) is 32.1 Å². The summed E-state index contributed by atoms with van der Waals surface area (Å²) in [7, 11) is 0. The first-order valence-electron chi connectivity index (χ1n) is 6.11. The molecular weight excluding hydrogens is 316 g/mol. The third kappa shape index (κ3) is 4.32. The Hall–Kier alpha value is 0.360. The topological polar surface area (TPSA) is 26.0 Å². The molecule has 0 bridgehead atoms. The zero-order chi connectivity index (χ0) is 12.3. The highest BCUT2D eigenvalue weighted by Gasteiger charge is 2.36. The predicted octanol–water partition coefficient (Wildman–Crippen LogP) is 4.35. The Morgan fingerprint density at radius 2 is 2.19 bits per heavy atom. The van der Waals surface area contributed by atoms with E-state index >= 15 is 0 Å². The van der Waals surface area contributed by atoms with Crippen LogP contribution >= 0.6 is 22.6 Å². The van der Waals surface area contributed by atoms with E-state index in [9.17, 15) is 4.39 Å². The van der Waals surface area contributed by atoms with E-state index in [1.54, 1.807) is 0 Å². The fraction of sp³-hybridized carbons (Fsp3) is 0.846. The molecular formula is C13H23FIN. The van der Waals surface area contributed by atoms with E-state index in [-0.39, 0.29) is 6.04 Å². The van der Waals surface area contributed by atoms with E-state index in [1.807, 2.05) is 29.5 Å². The van der Waals surface area contributed by atoms with Crippen LogP contribution < -0.4 is 5.73 Å². The molecule has 3 atom stereocenters. The summed E-state index contributed by atoms with van der Waals surface area (Å²) in [6.45, 7) is 6.27. The molecule has 2 N–H and O–H groups in total. The predicted molar refractivity (Wildman–Crippen MR) is 76.5 cm³/mol. The summed E-state index contributed by atoms with van der Waals surface area (Å²) < 4.78 is 12.7. The summed E-state index contributed by atoms with van der Waals surface area (Å²) in [5, 5.41) is 0. The first-order valence-corrected chi connectivity index (χ1v) is 7.19. The van der Waals surface area contributed by atoms with Crippen molar-refractivity contribution in [3.05, 3.63) is 11.1 Å². The molecule has 16 heavy (non-hydrogen) atoms. The lowest BCUT2D eigenvalue weighted by Crippen LogP contribution is -2.19. The van der Waals surface area contributed by atoms with Gasteiger partial charge in [-0.3, -0.25) is 0 Å². The number of hydrogen-bond donors (Lipinski definition) is 1. The van der Waals surface area contributed by atoms with Crippen LogP contribution in [0.5, 0.6) is 0 Å². The van der Waals surface area contributed by atoms with Crippen LogP contribution in [0.1, 0.15) is 52.9 Å². The van der Waals surface area contributed by atoms with Crippen molar-refractivity contribution in [2.45, 2.75) is 62.6 Å². The van der Waals surface area contributed by atoms with Crippen LogP contribution in [0.25, 0.3) is 0 Å². The molecule has 0 aromatic carbocycles. The molecule has 0 heterocycles. The maximum Gasteiger partial charge on any atom is 0.161 e. The van der Waals surface area contributed by atoms with Crippen LogP contribution in [0.15, 0.2) is 11.1 Å². The van der Waals surface area contributed by atoms with Gasteiger partial charge in [0.05, 0.1) is 0 Å². The van der Waals surface area contributed by atoms with Crippen molar-refractivity contribution in [1.82, 2.24) is 0 Å². The Balaban J connectivity index is 2.43. The molecule has 1 fully saturated rings. The zero-order valence-corrected chi connectivity index (χ0v) is 12.7. The fourth-order valence-corrected chi connectivity index (χ4v) is 3.52. The minimum Gasteiger partial charge on any atom is -0.324 e. The SMILES string of the molecule is CC(C)=C(CCC1CCC(F)(I)C1)C(C)N. The van der Waals surface area contributed by atoms with Crippen LogP contribution in [-0.2, 0) is 0 Å². The van der Waals surface area contributed by atoms with Gasteiger partial charge in [0, 0.05) is 6.04 Å². The van der Waals surface area contributed by atoms with Gasteiger partial charge in [-0.2, -0.15) is 0 Å². The number of hydrogen-bond acceptors (Lipinski definition) is 1. The monoisotopic (exact) mass is 339 g/mol.